The summed E-state index contributed by atoms with van der Waals surface area (Å²) in [5.74, 6) is -1.41. The molecule has 88 valence electrons. The summed E-state index contributed by atoms with van der Waals surface area (Å²) in [5.41, 5.74) is 5.98. The van der Waals surface area contributed by atoms with Gasteiger partial charge in [0.2, 0.25) is 0 Å². The minimum absolute atomic E-state index is 0.165. The summed E-state index contributed by atoms with van der Waals surface area (Å²) in [6.45, 7) is 0. The van der Waals surface area contributed by atoms with Gasteiger partial charge in [-0.2, -0.15) is 0 Å². The van der Waals surface area contributed by atoms with Crippen LogP contribution in [0.25, 0.3) is 0 Å². The smallest absolute Gasteiger partial charge is 0.162 e. The Morgan fingerprint density at radius 2 is 1.76 bits per heavy atom. The van der Waals surface area contributed by atoms with Crippen LogP contribution in [0.4, 0.5) is 14.5 Å². The van der Waals surface area contributed by atoms with E-state index in [9.17, 15) is 8.78 Å². The van der Waals surface area contributed by atoms with Gasteiger partial charge >= 0.3 is 0 Å². The van der Waals surface area contributed by atoms with Gasteiger partial charge in [0.05, 0.1) is 5.69 Å². The monoisotopic (exact) mass is 255 g/mol. The van der Waals surface area contributed by atoms with E-state index in [1.54, 1.807) is 12.1 Å². The molecule has 0 aliphatic carbocycles. The quantitative estimate of drug-likeness (QED) is 0.824. The zero-order valence-corrected chi connectivity index (χ0v) is 9.34. The van der Waals surface area contributed by atoms with Crippen molar-refractivity contribution >= 4 is 17.3 Å². The average molecular weight is 256 g/mol. The van der Waals surface area contributed by atoms with Crippen molar-refractivity contribution < 1.29 is 13.5 Å². The lowest BCUT2D eigenvalue weighted by molar-refractivity contribution is 0.463. The number of benzene rings is 2. The minimum Gasteiger partial charge on any atom is -0.455 e. The Morgan fingerprint density at radius 1 is 1.00 bits per heavy atom. The van der Waals surface area contributed by atoms with Crippen LogP contribution in [0.15, 0.2) is 36.4 Å². The second-order valence-electron chi connectivity index (χ2n) is 3.36. The first-order chi connectivity index (χ1) is 8.06. The van der Waals surface area contributed by atoms with E-state index in [4.69, 9.17) is 22.1 Å². The maximum absolute atomic E-state index is 12.9. The first-order valence-electron chi connectivity index (χ1n) is 4.74. The lowest BCUT2D eigenvalue weighted by Crippen LogP contribution is -1.93. The van der Waals surface area contributed by atoms with Crippen molar-refractivity contribution in [3.8, 4) is 11.5 Å². The summed E-state index contributed by atoms with van der Waals surface area (Å²) in [7, 11) is 0. The molecular weight excluding hydrogens is 248 g/mol. The van der Waals surface area contributed by atoms with Crippen LogP contribution in [0.2, 0.25) is 5.02 Å². The molecule has 0 atom stereocenters. The second kappa shape index (κ2) is 4.59. The van der Waals surface area contributed by atoms with Crippen LogP contribution in [-0.4, -0.2) is 0 Å². The van der Waals surface area contributed by atoms with Gasteiger partial charge in [-0.1, -0.05) is 11.6 Å². The SMILES string of the molecule is Nc1cc(Cl)ccc1Oc1ccc(F)c(F)c1. The molecule has 2 aromatic rings. The van der Waals surface area contributed by atoms with E-state index in [-0.39, 0.29) is 5.75 Å². The molecule has 2 N–H and O–H groups in total. The van der Waals surface area contributed by atoms with Crippen molar-refractivity contribution in [2.24, 2.45) is 0 Å². The first-order valence-corrected chi connectivity index (χ1v) is 5.12. The normalized spacial score (nSPS) is 10.3. The van der Waals surface area contributed by atoms with Gasteiger partial charge in [0, 0.05) is 11.1 Å². The maximum Gasteiger partial charge on any atom is 0.162 e. The summed E-state index contributed by atoms with van der Waals surface area (Å²) < 4.78 is 30.9. The number of nitrogens with two attached hydrogens (primary N) is 1. The molecule has 0 fully saturated rings. The van der Waals surface area contributed by atoms with Crippen LogP contribution >= 0.6 is 11.6 Å². The number of nitrogen functional groups attached to an aromatic ring is 1. The van der Waals surface area contributed by atoms with Gasteiger partial charge in [0.25, 0.3) is 0 Å². The number of hydrogen-bond acceptors (Lipinski definition) is 2. The second-order valence-corrected chi connectivity index (χ2v) is 3.80. The fourth-order valence-corrected chi connectivity index (χ4v) is 1.46. The van der Waals surface area contributed by atoms with Crippen LogP contribution in [0.3, 0.4) is 0 Å². The molecule has 0 saturated carbocycles. The number of halogens is 3. The number of ether oxygens (including phenoxy) is 1. The molecule has 17 heavy (non-hydrogen) atoms. The van der Waals surface area contributed by atoms with E-state index in [1.165, 1.54) is 12.1 Å². The Hall–Kier alpha value is -1.81. The Labute approximate surface area is 102 Å². The Morgan fingerprint density at radius 3 is 2.41 bits per heavy atom. The van der Waals surface area contributed by atoms with Crippen molar-refractivity contribution in [1.29, 1.82) is 0 Å². The number of anilines is 1. The molecule has 2 nitrogen and oxygen atoms in total. The molecule has 0 radical (unpaired) electrons. The third kappa shape index (κ3) is 2.65. The third-order valence-electron chi connectivity index (χ3n) is 2.09. The van der Waals surface area contributed by atoms with Crippen molar-refractivity contribution in [3.05, 3.63) is 53.1 Å². The van der Waals surface area contributed by atoms with Crippen molar-refractivity contribution in [3.63, 3.8) is 0 Å². The molecule has 5 heteroatoms. The molecule has 0 amide bonds. The highest BCUT2D eigenvalue weighted by Crippen LogP contribution is 2.30. The average Bonchev–Trinajstić information content (AvgIpc) is 2.27. The maximum atomic E-state index is 12.9. The number of hydrogen-bond donors (Lipinski definition) is 1. The van der Waals surface area contributed by atoms with E-state index >= 15 is 0 Å². The summed E-state index contributed by atoms with van der Waals surface area (Å²) in [6.07, 6.45) is 0. The Bertz CT molecular complexity index is 560. The summed E-state index contributed by atoms with van der Waals surface area (Å²) in [4.78, 5) is 0. The zero-order valence-electron chi connectivity index (χ0n) is 8.58. The van der Waals surface area contributed by atoms with E-state index in [1.807, 2.05) is 0 Å². The lowest BCUT2D eigenvalue weighted by Gasteiger charge is -2.08. The molecule has 0 aromatic heterocycles. The van der Waals surface area contributed by atoms with Gasteiger partial charge in [0.15, 0.2) is 11.6 Å². The lowest BCUT2D eigenvalue weighted by atomic mass is 10.3. The molecule has 0 aliphatic heterocycles. The predicted molar refractivity (Wildman–Crippen MR) is 62.3 cm³/mol. The summed E-state index contributed by atoms with van der Waals surface area (Å²) in [6, 6.07) is 7.90. The third-order valence-corrected chi connectivity index (χ3v) is 2.33. The Kier molecular flexibility index (Phi) is 3.15. The van der Waals surface area contributed by atoms with Crippen LogP contribution in [0.1, 0.15) is 0 Å². The molecule has 0 unspecified atom stereocenters. The largest absolute Gasteiger partial charge is 0.455 e. The predicted octanol–water partition coefficient (Wildman–Crippen LogP) is 3.99. The highest BCUT2D eigenvalue weighted by atomic mass is 35.5. The molecule has 2 aromatic carbocycles. The van der Waals surface area contributed by atoms with Gasteiger partial charge in [-0.3, -0.25) is 0 Å². The summed E-state index contributed by atoms with van der Waals surface area (Å²) >= 11 is 5.72. The molecular formula is C12H8ClF2NO. The highest BCUT2D eigenvalue weighted by Gasteiger charge is 2.06. The number of rotatable bonds is 2. The van der Waals surface area contributed by atoms with Crippen molar-refractivity contribution in [2.75, 3.05) is 5.73 Å². The highest BCUT2D eigenvalue weighted by molar-refractivity contribution is 6.30. The minimum atomic E-state index is -0.977. The van der Waals surface area contributed by atoms with Gasteiger partial charge < -0.3 is 10.5 Å². The molecule has 2 rings (SSSR count). The summed E-state index contributed by atoms with van der Waals surface area (Å²) in [5, 5.41) is 0.472. The van der Waals surface area contributed by atoms with Crippen LogP contribution in [0, 0.1) is 11.6 Å². The Balaban J connectivity index is 2.28. The first kappa shape index (κ1) is 11.7. The van der Waals surface area contributed by atoms with Gasteiger partial charge in [0.1, 0.15) is 11.5 Å². The van der Waals surface area contributed by atoms with Crippen LogP contribution in [-0.2, 0) is 0 Å². The van der Waals surface area contributed by atoms with Gasteiger partial charge in [-0.25, -0.2) is 8.78 Å². The van der Waals surface area contributed by atoms with E-state index in [0.29, 0.717) is 16.5 Å². The van der Waals surface area contributed by atoms with E-state index in [0.717, 1.165) is 12.1 Å². The van der Waals surface area contributed by atoms with Crippen LogP contribution in [0.5, 0.6) is 11.5 Å². The van der Waals surface area contributed by atoms with Crippen molar-refractivity contribution in [2.45, 2.75) is 0 Å². The molecule has 0 aliphatic rings. The molecule has 0 saturated heterocycles. The molecule has 0 bridgehead atoms. The fraction of sp³-hybridized carbons (Fsp3) is 0. The van der Waals surface area contributed by atoms with E-state index < -0.39 is 11.6 Å². The molecule has 0 spiro atoms. The van der Waals surface area contributed by atoms with E-state index in [2.05, 4.69) is 0 Å². The van der Waals surface area contributed by atoms with Crippen LogP contribution < -0.4 is 10.5 Å². The standard InChI is InChI=1S/C12H8ClF2NO/c13-7-1-4-12(11(16)5-7)17-8-2-3-9(14)10(15)6-8/h1-6H,16H2. The zero-order chi connectivity index (χ0) is 12.4. The van der Waals surface area contributed by atoms with Gasteiger partial charge in [-0.15, -0.1) is 0 Å². The fourth-order valence-electron chi connectivity index (χ4n) is 1.28. The molecule has 0 heterocycles. The topological polar surface area (TPSA) is 35.2 Å². The van der Waals surface area contributed by atoms with Crippen molar-refractivity contribution in [1.82, 2.24) is 0 Å². The van der Waals surface area contributed by atoms with Gasteiger partial charge in [-0.05, 0) is 30.3 Å².